The van der Waals surface area contributed by atoms with Crippen LogP contribution in [0.5, 0.6) is 0 Å². The fourth-order valence-electron chi connectivity index (χ4n) is 2.80. The molecular weight excluding hydrogens is 292 g/mol. The van der Waals surface area contributed by atoms with Crippen molar-refractivity contribution in [2.75, 3.05) is 26.8 Å². The average molecular weight is 323 g/mol. The molecule has 1 saturated heterocycles. The summed E-state index contributed by atoms with van der Waals surface area (Å²) in [6.07, 6.45) is 2.49. The van der Waals surface area contributed by atoms with Crippen LogP contribution < -0.4 is 11.1 Å². The minimum Gasteiger partial charge on any atom is -0.380 e. The average Bonchev–Trinajstić information content (AvgIpc) is 2.41. The molecule has 3 unspecified atom stereocenters. The maximum Gasteiger partial charge on any atom is 0.222 e. The van der Waals surface area contributed by atoms with E-state index in [4.69, 9.17) is 15.2 Å². The number of nitrogens with one attached hydrogen (secondary N) is 1. The number of carbonyl (C=O) groups is 1. The fourth-order valence-corrected chi connectivity index (χ4v) is 2.80. The summed E-state index contributed by atoms with van der Waals surface area (Å²) in [5.74, 6) is 0.382. The Morgan fingerprint density at radius 2 is 2.14 bits per heavy atom. The Kier molecular flexibility index (Phi) is 9.45. The molecule has 21 heavy (non-hydrogen) atoms. The Morgan fingerprint density at radius 3 is 2.67 bits per heavy atom. The molecule has 5 nitrogen and oxygen atoms in total. The van der Waals surface area contributed by atoms with E-state index in [0.717, 1.165) is 19.4 Å². The Morgan fingerprint density at radius 1 is 1.48 bits per heavy atom. The number of hydrogen-bond acceptors (Lipinski definition) is 4. The first-order valence-corrected chi connectivity index (χ1v) is 7.49. The van der Waals surface area contributed by atoms with Crippen molar-refractivity contribution in [3.8, 4) is 0 Å². The minimum atomic E-state index is -0.198. The molecule has 126 valence electrons. The molecule has 1 aliphatic rings. The number of carbonyl (C=O) groups excluding carboxylic acids is 1. The summed E-state index contributed by atoms with van der Waals surface area (Å²) >= 11 is 0. The SMILES string of the molecule is COC(CN)CC(=O)NCC1CCCOC1C(C)(C)C.Cl. The van der Waals surface area contributed by atoms with Gasteiger partial charge in [0.1, 0.15) is 0 Å². The lowest BCUT2D eigenvalue weighted by molar-refractivity contribution is -0.125. The third-order valence-corrected chi connectivity index (χ3v) is 3.87. The van der Waals surface area contributed by atoms with E-state index in [1.807, 2.05) is 0 Å². The largest absolute Gasteiger partial charge is 0.380 e. The van der Waals surface area contributed by atoms with Gasteiger partial charge in [-0.05, 0) is 18.3 Å². The molecule has 0 aromatic rings. The van der Waals surface area contributed by atoms with E-state index in [-0.39, 0.29) is 35.9 Å². The van der Waals surface area contributed by atoms with Crippen molar-refractivity contribution >= 4 is 18.3 Å². The molecule has 3 atom stereocenters. The maximum absolute atomic E-state index is 11.9. The number of ether oxygens (including phenoxy) is 2. The van der Waals surface area contributed by atoms with Crippen LogP contribution in [0.4, 0.5) is 0 Å². The Labute approximate surface area is 134 Å². The predicted molar refractivity (Wildman–Crippen MR) is 86.6 cm³/mol. The quantitative estimate of drug-likeness (QED) is 0.781. The van der Waals surface area contributed by atoms with Gasteiger partial charge in [0.25, 0.3) is 0 Å². The Bertz CT molecular complexity index is 304. The molecule has 0 aliphatic carbocycles. The van der Waals surface area contributed by atoms with Gasteiger partial charge in [0.2, 0.25) is 5.91 Å². The molecule has 0 aromatic carbocycles. The third-order valence-electron chi connectivity index (χ3n) is 3.87. The van der Waals surface area contributed by atoms with Crippen LogP contribution in [0.3, 0.4) is 0 Å². The van der Waals surface area contributed by atoms with E-state index in [9.17, 15) is 4.79 Å². The van der Waals surface area contributed by atoms with Gasteiger partial charge in [-0.25, -0.2) is 0 Å². The predicted octanol–water partition coefficient (Wildman–Crippen LogP) is 1.73. The zero-order valence-corrected chi connectivity index (χ0v) is 14.5. The summed E-state index contributed by atoms with van der Waals surface area (Å²) in [6, 6.07) is 0. The van der Waals surface area contributed by atoms with E-state index >= 15 is 0 Å². The summed E-state index contributed by atoms with van der Waals surface area (Å²) in [5, 5.41) is 3.00. The molecule has 3 N–H and O–H groups in total. The van der Waals surface area contributed by atoms with Crippen LogP contribution in [0.25, 0.3) is 0 Å². The summed E-state index contributed by atoms with van der Waals surface area (Å²) in [6.45, 7) is 8.42. The summed E-state index contributed by atoms with van der Waals surface area (Å²) < 4.78 is 11.0. The van der Waals surface area contributed by atoms with Crippen molar-refractivity contribution in [2.24, 2.45) is 17.1 Å². The van der Waals surface area contributed by atoms with E-state index in [2.05, 4.69) is 26.1 Å². The first kappa shape index (κ1) is 20.6. The van der Waals surface area contributed by atoms with Gasteiger partial charge in [0.05, 0.1) is 18.6 Å². The highest BCUT2D eigenvalue weighted by atomic mass is 35.5. The van der Waals surface area contributed by atoms with Crippen LogP contribution in [0.2, 0.25) is 0 Å². The van der Waals surface area contributed by atoms with Crippen molar-refractivity contribution in [3.05, 3.63) is 0 Å². The number of amides is 1. The number of methoxy groups -OCH3 is 1. The smallest absolute Gasteiger partial charge is 0.222 e. The topological polar surface area (TPSA) is 73.6 Å². The van der Waals surface area contributed by atoms with Crippen molar-refractivity contribution < 1.29 is 14.3 Å². The van der Waals surface area contributed by atoms with E-state index in [0.29, 0.717) is 25.4 Å². The highest BCUT2D eigenvalue weighted by molar-refractivity contribution is 5.85. The maximum atomic E-state index is 11.9. The summed E-state index contributed by atoms with van der Waals surface area (Å²) in [4.78, 5) is 11.9. The van der Waals surface area contributed by atoms with Gasteiger partial charge in [-0.2, -0.15) is 0 Å². The lowest BCUT2D eigenvalue weighted by atomic mass is 9.78. The molecule has 0 bridgehead atoms. The van der Waals surface area contributed by atoms with Crippen LogP contribution in [-0.4, -0.2) is 44.9 Å². The summed E-state index contributed by atoms with van der Waals surface area (Å²) in [5.41, 5.74) is 5.62. The summed E-state index contributed by atoms with van der Waals surface area (Å²) in [7, 11) is 1.58. The minimum absolute atomic E-state index is 0. The molecule has 0 radical (unpaired) electrons. The number of rotatable bonds is 6. The van der Waals surface area contributed by atoms with Crippen molar-refractivity contribution in [1.29, 1.82) is 0 Å². The van der Waals surface area contributed by atoms with Crippen molar-refractivity contribution in [1.82, 2.24) is 5.32 Å². The molecule has 1 heterocycles. The van der Waals surface area contributed by atoms with Crippen LogP contribution >= 0.6 is 12.4 Å². The van der Waals surface area contributed by atoms with Gasteiger partial charge < -0.3 is 20.5 Å². The number of nitrogens with two attached hydrogens (primary N) is 1. The number of halogens is 1. The highest BCUT2D eigenvalue weighted by Crippen LogP contribution is 2.33. The first-order chi connectivity index (χ1) is 9.38. The molecule has 0 aromatic heterocycles. The second kappa shape index (κ2) is 9.62. The van der Waals surface area contributed by atoms with Crippen LogP contribution in [0, 0.1) is 11.3 Å². The molecular formula is C15H31ClN2O3. The monoisotopic (exact) mass is 322 g/mol. The van der Waals surface area contributed by atoms with Crippen LogP contribution in [0.15, 0.2) is 0 Å². The normalized spacial score (nSPS) is 24.0. The van der Waals surface area contributed by atoms with E-state index in [1.54, 1.807) is 7.11 Å². The standard InChI is InChI=1S/C15H30N2O3.ClH/c1-15(2,3)14-11(6-5-7-20-14)10-17-13(18)8-12(9-16)19-4;/h11-12,14H,5-10,16H2,1-4H3,(H,17,18);1H. The highest BCUT2D eigenvalue weighted by Gasteiger charge is 2.35. The van der Waals surface area contributed by atoms with Gasteiger partial charge in [-0.15, -0.1) is 12.4 Å². The van der Waals surface area contributed by atoms with Crippen molar-refractivity contribution in [3.63, 3.8) is 0 Å². The second-order valence-corrected chi connectivity index (χ2v) is 6.66. The first-order valence-electron chi connectivity index (χ1n) is 7.49. The molecule has 1 fully saturated rings. The van der Waals surface area contributed by atoms with Gasteiger partial charge in [-0.1, -0.05) is 20.8 Å². The lowest BCUT2D eigenvalue weighted by Crippen LogP contribution is -2.45. The van der Waals surface area contributed by atoms with Crippen LogP contribution in [0.1, 0.15) is 40.0 Å². The second-order valence-electron chi connectivity index (χ2n) is 6.66. The van der Waals surface area contributed by atoms with Gasteiger partial charge in [0, 0.05) is 32.7 Å². The lowest BCUT2D eigenvalue weighted by Gasteiger charge is -2.40. The molecule has 1 aliphatic heterocycles. The van der Waals surface area contributed by atoms with E-state index in [1.165, 1.54) is 0 Å². The van der Waals surface area contributed by atoms with Gasteiger partial charge >= 0.3 is 0 Å². The van der Waals surface area contributed by atoms with Crippen molar-refractivity contribution in [2.45, 2.75) is 52.2 Å². The zero-order valence-electron chi connectivity index (χ0n) is 13.7. The Hall–Kier alpha value is -0.360. The Balaban J connectivity index is 0.00000400. The van der Waals surface area contributed by atoms with E-state index < -0.39 is 0 Å². The van der Waals surface area contributed by atoms with Gasteiger partial charge in [0.15, 0.2) is 0 Å². The fraction of sp³-hybridized carbons (Fsp3) is 0.933. The molecule has 0 spiro atoms. The van der Waals surface area contributed by atoms with Gasteiger partial charge in [-0.3, -0.25) is 4.79 Å². The zero-order chi connectivity index (χ0) is 15.2. The third kappa shape index (κ3) is 6.96. The molecule has 1 amide bonds. The van der Waals surface area contributed by atoms with Crippen LogP contribution in [-0.2, 0) is 14.3 Å². The molecule has 1 rings (SSSR count). The number of hydrogen-bond donors (Lipinski definition) is 2. The molecule has 6 heteroatoms. The molecule has 0 saturated carbocycles.